The van der Waals surface area contributed by atoms with E-state index in [0.29, 0.717) is 5.69 Å². The molecule has 0 saturated heterocycles. The highest BCUT2D eigenvalue weighted by atomic mass is 32.2. The van der Waals surface area contributed by atoms with Gasteiger partial charge >= 0.3 is 0 Å². The summed E-state index contributed by atoms with van der Waals surface area (Å²) >= 11 is 0. The molecule has 8 heteroatoms. The van der Waals surface area contributed by atoms with Gasteiger partial charge in [-0.3, -0.25) is 9.63 Å². The number of carbonyl (C=O) groups is 1. The number of H-pyrrole nitrogens is 1. The van der Waals surface area contributed by atoms with Crippen LogP contribution in [0.5, 0.6) is 0 Å². The Labute approximate surface area is 151 Å². The topological polar surface area (TPSA) is 91.5 Å². The number of carbonyl (C=O) groups excluding carboxylic acids is 1. The summed E-state index contributed by atoms with van der Waals surface area (Å²) in [6, 6.07) is 13.7. The zero-order valence-corrected chi connectivity index (χ0v) is 15.2. The number of hydrogen-bond acceptors (Lipinski definition) is 4. The SMILES string of the molecule is CON(C)S(=O)(=O)c1ccc(NC(=O)Cc2c[nH]c3ccccc23)cc1. The zero-order chi connectivity index (χ0) is 18.7. The van der Waals surface area contributed by atoms with Gasteiger partial charge in [-0.1, -0.05) is 22.7 Å². The van der Waals surface area contributed by atoms with E-state index in [0.717, 1.165) is 20.9 Å². The Bertz CT molecular complexity index is 1030. The monoisotopic (exact) mass is 373 g/mol. The molecule has 0 radical (unpaired) electrons. The molecule has 0 fully saturated rings. The molecule has 1 aromatic heterocycles. The summed E-state index contributed by atoms with van der Waals surface area (Å²) < 4.78 is 25.1. The average molecular weight is 373 g/mol. The summed E-state index contributed by atoms with van der Waals surface area (Å²) in [7, 11) is -1.12. The van der Waals surface area contributed by atoms with Crippen molar-refractivity contribution in [3.63, 3.8) is 0 Å². The van der Waals surface area contributed by atoms with E-state index in [4.69, 9.17) is 4.84 Å². The number of amides is 1. The fourth-order valence-corrected chi connectivity index (χ4v) is 3.59. The van der Waals surface area contributed by atoms with Crippen molar-refractivity contribution in [1.82, 2.24) is 9.45 Å². The Morgan fingerprint density at radius 2 is 1.85 bits per heavy atom. The number of benzene rings is 2. The predicted octanol–water partition coefficient (Wildman–Crippen LogP) is 2.53. The van der Waals surface area contributed by atoms with Gasteiger partial charge < -0.3 is 10.3 Å². The van der Waals surface area contributed by atoms with E-state index in [1.165, 1.54) is 26.3 Å². The molecular formula is C18H19N3O4S. The lowest BCUT2D eigenvalue weighted by molar-refractivity contribution is -0.115. The number of nitrogens with one attached hydrogen (secondary N) is 2. The van der Waals surface area contributed by atoms with Crippen molar-refractivity contribution in [1.29, 1.82) is 0 Å². The highest BCUT2D eigenvalue weighted by Gasteiger charge is 2.20. The van der Waals surface area contributed by atoms with Crippen LogP contribution < -0.4 is 5.32 Å². The lowest BCUT2D eigenvalue weighted by atomic mass is 10.1. The van der Waals surface area contributed by atoms with Crippen LogP contribution in [0.1, 0.15) is 5.56 Å². The highest BCUT2D eigenvalue weighted by Crippen LogP contribution is 2.20. The summed E-state index contributed by atoms with van der Waals surface area (Å²) in [6.07, 6.45) is 2.04. The minimum absolute atomic E-state index is 0.0801. The molecule has 2 N–H and O–H groups in total. The van der Waals surface area contributed by atoms with Crippen molar-refractivity contribution < 1.29 is 18.0 Å². The molecule has 3 rings (SSSR count). The first kappa shape index (κ1) is 18.1. The van der Waals surface area contributed by atoms with Gasteiger partial charge in [-0.2, -0.15) is 0 Å². The second-order valence-electron chi connectivity index (χ2n) is 5.71. The van der Waals surface area contributed by atoms with Crippen molar-refractivity contribution in [2.75, 3.05) is 19.5 Å². The molecule has 26 heavy (non-hydrogen) atoms. The standard InChI is InChI=1S/C18H19N3O4S/c1-21(25-2)26(23,24)15-9-7-14(8-10-15)20-18(22)11-13-12-19-17-6-4-3-5-16(13)17/h3-10,12,19H,11H2,1-2H3,(H,20,22). The van der Waals surface area contributed by atoms with Crippen LogP contribution in [0.15, 0.2) is 59.6 Å². The third kappa shape index (κ3) is 3.62. The van der Waals surface area contributed by atoms with Gasteiger partial charge in [-0.15, -0.1) is 0 Å². The van der Waals surface area contributed by atoms with Crippen molar-refractivity contribution >= 4 is 32.5 Å². The van der Waals surface area contributed by atoms with E-state index in [-0.39, 0.29) is 17.2 Å². The van der Waals surface area contributed by atoms with Crippen LogP contribution in [0.2, 0.25) is 0 Å². The van der Waals surface area contributed by atoms with Gasteiger partial charge in [0.1, 0.15) is 0 Å². The Morgan fingerprint density at radius 3 is 2.54 bits per heavy atom. The molecule has 1 amide bonds. The Hall–Kier alpha value is -2.68. The van der Waals surface area contributed by atoms with Crippen molar-refractivity contribution in [3.8, 4) is 0 Å². The number of hydroxylamine groups is 1. The van der Waals surface area contributed by atoms with E-state index in [9.17, 15) is 13.2 Å². The molecule has 0 spiro atoms. The molecule has 0 unspecified atom stereocenters. The van der Waals surface area contributed by atoms with E-state index in [1.807, 2.05) is 30.5 Å². The normalized spacial score (nSPS) is 11.8. The van der Waals surface area contributed by atoms with Crippen LogP contribution in [-0.2, 0) is 26.1 Å². The summed E-state index contributed by atoms with van der Waals surface area (Å²) in [5.74, 6) is -0.181. The first-order chi connectivity index (χ1) is 12.4. The fourth-order valence-electron chi connectivity index (χ4n) is 2.61. The average Bonchev–Trinajstić information content (AvgIpc) is 3.04. The number of anilines is 1. The van der Waals surface area contributed by atoms with Gasteiger partial charge in [0, 0.05) is 29.8 Å². The van der Waals surface area contributed by atoms with Gasteiger partial charge in [-0.25, -0.2) is 8.42 Å². The quantitative estimate of drug-likeness (QED) is 0.650. The van der Waals surface area contributed by atoms with Gasteiger partial charge in [0.15, 0.2) is 0 Å². The van der Waals surface area contributed by atoms with Crippen LogP contribution in [0, 0.1) is 0 Å². The molecule has 3 aromatic rings. The van der Waals surface area contributed by atoms with Gasteiger partial charge in [-0.05, 0) is 35.9 Å². The molecule has 0 bridgehead atoms. The molecule has 0 aliphatic heterocycles. The second kappa shape index (κ2) is 7.28. The Kier molecular flexibility index (Phi) is 5.08. The maximum Gasteiger partial charge on any atom is 0.264 e. The number of nitrogens with zero attached hydrogens (tertiary/aromatic N) is 1. The number of rotatable bonds is 6. The molecule has 0 saturated carbocycles. The van der Waals surface area contributed by atoms with Crippen LogP contribution in [0.25, 0.3) is 10.9 Å². The van der Waals surface area contributed by atoms with Crippen molar-refractivity contribution in [2.45, 2.75) is 11.3 Å². The van der Waals surface area contributed by atoms with Gasteiger partial charge in [0.05, 0.1) is 18.4 Å². The van der Waals surface area contributed by atoms with Crippen LogP contribution in [0.4, 0.5) is 5.69 Å². The number of aromatic amines is 1. The van der Waals surface area contributed by atoms with Gasteiger partial charge in [0.2, 0.25) is 5.91 Å². The largest absolute Gasteiger partial charge is 0.361 e. The zero-order valence-electron chi connectivity index (χ0n) is 14.4. The van der Waals surface area contributed by atoms with Crippen LogP contribution in [-0.4, -0.2) is 37.9 Å². The molecule has 1 heterocycles. The maximum absolute atomic E-state index is 12.3. The number of hydrogen-bond donors (Lipinski definition) is 2. The molecule has 0 aliphatic rings. The van der Waals surface area contributed by atoms with Crippen LogP contribution >= 0.6 is 0 Å². The third-order valence-corrected chi connectivity index (χ3v) is 5.75. The van der Waals surface area contributed by atoms with Crippen LogP contribution in [0.3, 0.4) is 0 Å². The Balaban J connectivity index is 1.70. The number of sulfonamides is 1. The first-order valence-electron chi connectivity index (χ1n) is 7.90. The van der Waals surface area contributed by atoms with E-state index >= 15 is 0 Å². The minimum atomic E-state index is -3.71. The summed E-state index contributed by atoms with van der Waals surface area (Å²) in [6.45, 7) is 0. The molecule has 136 valence electrons. The summed E-state index contributed by atoms with van der Waals surface area (Å²) in [4.78, 5) is 20.2. The van der Waals surface area contributed by atoms with Crippen molar-refractivity contribution in [2.24, 2.45) is 0 Å². The van der Waals surface area contributed by atoms with E-state index < -0.39 is 10.0 Å². The maximum atomic E-state index is 12.3. The minimum Gasteiger partial charge on any atom is -0.361 e. The number of aromatic nitrogens is 1. The highest BCUT2D eigenvalue weighted by molar-refractivity contribution is 7.89. The third-order valence-electron chi connectivity index (χ3n) is 4.06. The molecule has 7 nitrogen and oxygen atoms in total. The van der Waals surface area contributed by atoms with E-state index in [2.05, 4.69) is 10.3 Å². The fraction of sp³-hybridized carbons (Fsp3) is 0.167. The molecule has 0 aliphatic carbocycles. The number of fused-ring (bicyclic) bond motifs is 1. The first-order valence-corrected chi connectivity index (χ1v) is 9.34. The lowest BCUT2D eigenvalue weighted by Crippen LogP contribution is -2.25. The summed E-state index contributed by atoms with van der Waals surface area (Å²) in [5.41, 5.74) is 2.40. The van der Waals surface area contributed by atoms with Gasteiger partial charge in [0.25, 0.3) is 10.0 Å². The summed E-state index contributed by atoms with van der Waals surface area (Å²) in [5, 5.41) is 3.78. The smallest absolute Gasteiger partial charge is 0.264 e. The molecular weight excluding hydrogens is 354 g/mol. The lowest BCUT2D eigenvalue weighted by Gasteiger charge is -2.14. The second-order valence-corrected chi connectivity index (χ2v) is 7.64. The Morgan fingerprint density at radius 1 is 1.15 bits per heavy atom. The molecule has 0 atom stereocenters. The molecule has 2 aromatic carbocycles. The number of para-hydroxylation sites is 1. The predicted molar refractivity (Wildman–Crippen MR) is 99.0 cm³/mol. The van der Waals surface area contributed by atoms with Crippen molar-refractivity contribution in [3.05, 3.63) is 60.3 Å². The van der Waals surface area contributed by atoms with E-state index in [1.54, 1.807) is 12.1 Å².